The Morgan fingerprint density at radius 2 is 0.735 bits per heavy atom. The maximum atomic E-state index is 2.57. The van der Waals surface area contributed by atoms with Crippen molar-refractivity contribution in [2.75, 3.05) is 0 Å². The van der Waals surface area contributed by atoms with E-state index in [0.717, 1.165) is 38.9 Å². The molecule has 1 heteroatoms. The van der Waals surface area contributed by atoms with Crippen molar-refractivity contribution in [1.29, 1.82) is 0 Å². The summed E-state index contributed by atoms with van der Waals surface area (Å²) < 4.78 is 0. The van der Waals surface area contributed by atoms with E-state index in [9.17, 15) is 0 Å². The van der Waals surface area contributed by atoms with E-state index in [1.54, 1.807) is 0 Å². The van der Waals surface area contributed by atoms with Gasteiger partial charge in [-0.15, -0.1) is 0 Å². The fourth-order valence-corrected chi connectivity index (χ4v) is 4.33. The molecule has 3 aromatic rings. The Hall–Kier alpha value is -2.38. The van der Waals surface area contributed by atoms with Gasteiger partial charge in [-0.2, -0.15) is 0 Å². The van der Waals surface area contributed by atoms with Crippen molar-refractivity contribution in [3.05, 3.63) is 106 Å². The first-order valence-corrected chi connectivity index (χ1v) is 13.4. The first-order valence-electron chi connectivity index (χ1n) is 13.4. The molecule has 0 bridgehead atoms. The maximum absolute atomic E-state index is 2.57. The van der Waals surface area contributed by atoms with Crippen LogP contribution in [0.4, 0.5) is 0 Å². The lowest BCUT2D eigenvalue weighted by Crippen LogP contribution is -2.22. The number of nitrogens with zero attached hydrogens (tertiary/aromatic N) is 1. The lowest BCUT2D eigenvalue weighted by molar-refractivity contribution is 0.247. The predicted octanol–water partition coefficient (Wildman–Crippen LogP) is 8.87. The molecule has 0 aromatic heterocycles. The third-order valence-corrected chi connectivity index (χ3v) is 5.98. The Balaban J connectivity index is 0.00000199. The van der Waals surface area contributed by atoms with Crippen LogP contribution in [0, 0.1) is 11.8 Å². The molecule has 3 rings (SSSR count). The van der Waals surface area contributed by atoms with Crippen LogP contribution in [-0.2, 0) is 38.9 Å². The van der Waals surface area contributed by atoms with Crippen LogP contribution in [-0.4, -0.2) is 4.90 Å². The summed E-state index contributed by atoms with van der Waals surface area (Å²) in [4.78, 5) is 2.57. The van der Waals surface area contributed by atoms with E-state index in [0.29, 0.717) is 11.8 Å². The van der Waals surface area contributed by atoms with Crippen LogP contribution in [0.3, 0.4) is 0 Å². The molecule has 0 aliphatic carbocycles. The maximum Gasteiger partial charge on any atom is 0.0240 e. The summed E-state index contributed by atoms with van der Waals surface area (Å²) in [6.45, 7) is 18.2. The number of hydrogen-bond donors (Lipinski definition) is 0. The highest BCUT2D eigenvalue weighted by molar-refractivity contribution is 5.26. The summed E-state index contributed by atoms with van der Waals surface area (Å²) >= 11 is 0. The third kappa shape index (κ3) is 9.85. The Bertz CT molecular complexity index is 862. The summed E-state index contributed by atoms with van der Waals surface area (Å²) in [7, 11) is 0. The van der Waals surface area contributed by atoms with Gasteiger partial charge in [0.15, 0.2) is 0 Å². The minimum Gasteiger partial charge on any atom is -0.291 e. The summed E-state index contributed by atoms with van der Waals surface area (Å²) in [5.41, 5.74) is 8.44. The van der Waals surface area contributed by atoms with Crippen molar-refractivity contribution >= 4 is 0 Å². The second kappa shape index (κ2) is 14.8. The van der Waals surface area contributed by atoms with Crippen LogP contribution in [0.1, 0.15) is 81.8 Å². The van der Waals surface area contributed by atoms with Gasteiger partial charge in [0.05, 0.1) is 0 Å². The molecule has 0 amide bonds. The average molecular weight is 458 g/mol. The average Bonchev–Trinajstić information content (AvgIpc) is 2.83. The van der Waals surface area contributed by atoms with Gasteiger partial charge in [-0.25, -0.2) is 0 Å². The molecular weight excluding hydrogens is 410 g/mol. The highest BCUT2D eigenvalue weighted by Crippen LogP contribution is 2.18. The van der Waals surface area contributed by atoms with Crippen LogP contribution in [0.25, 0.3) is 0 Å². The van der Waals surface area contributed by atoms with E-state index >= 15 is 0 Å². The van der Waals surface area contributed by atoms with Crippen LogP contribution in [0.15, 0.2) is 72.8 Å². The number of aryl methyl sites for hydroxylation is 1. The fourth-order valence-electron chi connectivity index (χ4n) is 4.33. The van der Waals surface area contributed by atoms with Gasteiger partial charge < -0.3 is 0 Å². The highest BCUT2D eigenvalue weighted by atomic mass is 15.1. The van der Waals surface area contributed by atoms with E-state index in [1.807, 2.05) is 13.8 Å². The van der Waals surface area contributed by atoms with Gasteiger partial charge in [-0.05, 0) is 64.5 Å². The van der Waals surface area contributed by atoms with Gasteiger partial charge >= 0.3 is 0 Å². The van der Waals surface area contributed by atoms with E-state index in [-0.39, 0.29) is 0 Å². The fraction of sp³-hybridized carbons (Fsp3) is 0.455. The molecule has 0 atom stereocenters. The second-order valence-corrected chi connectivity index (χ2v) is 10.1. The van der Waals surface area contributed by atoms with E-state index in [1.165, 1.54) is 33.4 Å². The molecule has 0 saturated heterocycles. The zero-order chi connectivity index (χ0) is 24.9. The molecule has 0 aliphatic heterocycles. The van der Waals surface area contributed by atoms with Gasteiger partial charge in [0.25, 0.3) is 0 Å². The van der Waals surface area contributed by atoms with Crippen LogP contribution in [0.2, 0.25) is 0 Å². The third-order valence-electron chi connectivity index (χ3n) is 5.98. The van der Waals surface area contributed by atoms with Crippen LogP contribution < -0.4 is 0 Å². The molecule has 0 fully saturated rings. The van der Waals surface area contributed by atoms with Gasteiger partial charge in [0.2, 0.25) is 0 Å². The standard InChI is InChI=1S/C31H41N.C2H6/c1-6-26-7-13-29(14-8-26)21-32(22-30-15-9-27(10-16-30)19-24(2)3)23-31-17-11-28(12-18-31)20-25(4)5;1-2/h7-18,24-25H,6,19-23H2,1-5H3;1-2H3. The van der Waals surface area contributed by atoms with Crippen LogP contribution in [0.5, 0.6) is 0 Å². The highest BCUT2D eigenvalue weighted by Gasteiger charge is 2.10. The molecule has 0 unspecified atom stereocenters. The van der Waals surface area contributed by atoms with Gasteiger partial charge in [-0.1, -0.05) is 121 Å². The molecular formula is C33H47N. The first-order chi connectivity index (χ1) is 16.4. The molecule has 0 saturated carbocycles. The molecule has 3 aromatic carbocycles. The summed E-state index contributed by atoms with van der Waals surface area (Å²) in [5.74, 6) is 1.39. The monoisotopic (exact) mass is 457 g/mol. The molecule has 0 heterocycles. The minimum atomic E-state index is 0.696. The molecule has 184 valence electrons. The number of hydrogen-bond acceptors (Lipinski definition) is 1. The van der Waals surface area contributed by atoms with Crippen LogP contribution >= 0.6 is 0 Å². The SMILES string of the molecule is CC.CCc1ccc(CN(Cc2ccc(CC(C)C)cc2)Cc2ccc(CC(C)C)cc2)cc1. The summed E-state index contributed by atoms with van der Waals surface area (Å²) in [6.07, 6.45) is 3.39. The summed E-state index contributed by atoms with van der Waals surface area (Å²) in [6, 6.07) is 27.6. The van der Waals surface area contributed by atoms with Gasteiger partial charge in [-0.3, -0.25) is 4.90 Å². The lowest BCUT2D eigenvalue weighted by atomic mass is 10.0. The Morgan fingerprint density at radius 1 is 0.471 bits per heavy atom. The minimum absolute atomic E-state index is 0.696. The first kappa shape index (κ1) is 27.9. The topological polar surface area (TPSA) is 3.24 Å². The quantitative estimate of drug-likeness (QED) is 0.278. The second-order valence-electron chi connectivity index (χ2n) is 10.1. The van der Waals surface area contributed by atoms with Crippen molar-refractivity contribution in [1.82, 2.24) is 4.90 Å². The Morgan fingerprint density at radius 3 is 1.00 bits per heavy atom. The number of benzene rings is 3. The Labute approximate surface area is 210 Å². The zero-order valence-electron chi connectivity index (χ0n) is 22.8. The van der Waals surface area contributed by atoms with E-state index in [2.05, 4.69) is 112 Å². The largest absolute Gasteiger partial charge is 0.291 e. The Kier molecular flexibility index (Phi) is 12.1. The zero-order valence-corrected chi connectivity index (χ0v) is 22.8. The summed E-state index contributed by atoms with van der Waals surface area (Å²) in [5, 5.41) is 0. The van der Waals surface area contributed by atoms with E-state index < -0.39 is 0 Å². The van der Waals surface area contributed by atoms with Crippen molar-refractivity contribution in [3.8, 4) is 0 Å². The number of rotatable bonds is 11. The molecule has 0 radical (unpaired) electrons. The normalized spacial score (nSPS) is 11.1. The molecule has 0 aliphatic rings. The molecule has 0 N–H and O–H groups in total. The molecule has 34 heavy (non-hydrogen) atoms. The van der Waals surface area contributed by atoms with Crippen molar-refractivity contribution in [2.45, 2.75) is 87.4 Å². The van der Waals surface area contributed by atoms with Gasteiger partial charge in [0.1, 0.15) is 0 Å². The predicted molar refractivity (Wildman–Crippen MR) is 150 cm³/mol. The van der Waals surface area contributed by atoms with Crippen molar-refractivity contribution in [3.63, 3.8) is 0 Å². The van der Waals surface area contributed by atoms with Gasteiger partial charge in [0, 0.05) is 19.6 Å². The molecule has 1 nitrogen and oxygen atoms in total. The van der Waals surface area contributed by atoms with Crippen molar-refractivity contribution < 1.29 is 0 Å². The molecule has 0 spiro atoms. The lowest BCUT2D eigenvalue weighted by Gasteiger charge is -2.23. The smallest absolute Gasteiger partial charge is 0.0240 e. The van der Waals surface area contributed by atoms with Crippen molar-refractivity contribution in [2.24, 2.45) is 11.8 Å². The van der Waals surface area contributed by atoms with E-state index in [4.69, 9.17) is 0 Å².